The molecule has 0 heterocycles. The van der Waals surface area contributed by atoms with Crippen molar-refractivity contribution in [1.82, 2.24) is 5.32 Å². The van der Waals surface area contributed by atoms with E-state index in [-0.39, 0.29) is 11.3 Å². The standard InChI is InChI=1S/C13H17FN2O3/c1-8(2)6-16-12(17)7-19-13(18)10-4-3-9(15)5-11(10)14/h3-5,8H,6-7,15H2,1-2H3,(H,16,17). The van der Waals surface area contributed by atoms with Crippen LogP contribution in [0.15, 0.2) is 18.2 Å². The number of esters is 1. The number of amides is 1. The summed E-state index contributed by atoms with van der Waals surface area (Å²) >= 11 is 0. The van der Waals surface area contributed by atoms with Crippen molar-refractivity contribution in [2.24, 2.45) is 5.92 Å². The molecule has 0 aliphatic rings. The van der Waals surface area contributed by atoms with Crippen LogP contribution in [-0.2, 0) is 9.53 Å². The summed E-state index contributed by atoms with van der Waals surface area (Å²) in [6.45, 7) is 3.94. The summed E-state index contributed by atoms with van der Waals surface area (Å²) < 4.78 is 18.1. The molecule has 0 bridgehead atoms. The minimum Gasteiger partial charge on any atom is -0.452 e. The van der Waals surface area contributed by atoms with Gasteiger partial charge in [0.2, 0.25) is 0 Å². The van der Waals surface area contributed by atoms with Gasteiger partial charge in [-0.3, -0.25) is 4.79 Å². The zero-order valence-electron chi connectivity index (χ0n) is 10.9. The van der Waals surface area contributed by atoms with Gasteiger partial charge in [0, 0.05) is 12.2 Å². The molecule has 0 aromatic heterocycles. The summed E-state index contributed by atoms with van der Waals surface area (Å²) in [5.74, 6) is -1.78. The average Bonchev–Trinajstić information content (AvgIpc) is 2.33. The molecule has 0 aliphatic carbocycles. The zero-order chi connectivity index (χ0) is 14.4. The number of halogens is 1. The van der Waals surface area contributed by atoms with Crippen LogP contribution >= 0.6 is 0 Å². The van der Waals surface area contributed by atoms with E-state index in [0.717, 1.165) is 6.07 Å². The molecule has 104 valence electrons. The normalized spacial score (nSPS) is 10.3. The minimum absolute atomic E-state index is 0.212. The first-order valence-electron chi connectivity index (χ1n) is 5.89. The smallest absolute Gasteiger partial charge is 0.341 e. The SMILES string of the molecule is CC(C)CNC(=O)COC(=O)c1ccc(N)cc1F. The molecule has 1 aromatic rings. The van der Waals surface area contributed by atoms with E-state index in [4.69, 9.17) is 10.5 Å². The van der Waals surface area contributed by atoms with Crippen LogP contribution in [0.1, 0.15) is 24.2 Å². The van der Waals surface area contributed by atoms with Gasteiger partial charge in [-0.05, 0) is 24.1 Å². The van der Waals surface area contributed by atoms with Gasteiger partial charge >= 0.3 is 5.97 Å². The Morgan fingerprint density at radius 3 is 2.68 bits per heavy atom. The second-order valence-corrected chi connectivity index (χ2v) is 4.51. The van der Waals surface area contributed by atoms with Crippen molar-refractivity contribution in [3.8, 4) is 0 Å². The molecule has 1 amide bonds. The first-order valence-corrected chi connectivity index (χ1v) is 5.89. The number of benzene rings is 1. The summed E-state index contributed by atoms with van der Waals surface area (Å²) in [5.41, 5.74) is 5.33. The van der Waals surface area contributed by atoms with Gasteiger partial charge in [-0.25, -0.2) is 9.18 Å². The van der Waals surface area contributed by atoms with Gasteiger partial charge in [-0.2, -0.15) is 0 Å². The third-order valence-electron chi connectivity index (χ3n) is 2.25. The van der Waals surface area contributed by atoms with Gasteiger partial charge in [0.15, 0.2) is 6.61 Å². The van der Waals surface area contributed by atoms with E-state index < -0.39 is 24.3 Å². The fourth-order valence-corrected chi connectivity index (χ4v) is 1.27. The molecule has 1 rings (SSSR count). The Hall–Kier alpha value is -2.11. The molecule has 0 radical (unpaired) electrons. The van der Waals surface area contributed by atoms with Crippen LogP contribution in [0.4, 0.5) is 10.1 Å². The van der Waals surface area contributed by atoms with Crippen LogP contribution in [-0.4, -0.2) is 25.0 Å². The van der Waals surface area contributed by atoms with Crippen molar-refractivity contribution in [3.63, 3.8) is 0 Å². The number of nitrogen functional groups attached to an aromatic ring is 1. The third kappa shape index (κ3) is 4.95. The highest BCUT2D eigenvalue weighted by atomic mass is 19.1. The predicted molar refractivity (Wildman–Crippen MR) is 68.9 cm³/mol. The number of rotatable bonds is 5. The molecule has 0 fully saturated rings. The number of hydrogen-bond donors (Lipinski definition) is 2. The lowest BCUT2D eigenvalue weighted by molar-refractivity contribution is -0.124. The van der Waals surface area contributed by atoms with Gasteiger partial charge in [-0.1, -0.05) is 13.8 Å². The molecule has 1 aromatic carbocycles. The highest BCUT2D eigenvalue weighted by Gasteiger charge is 2.14. The number of hydrogen-bond acceptors (Lipinski definition) is 4. The van der Waals surface area contributed by atoms with Crippen molar-refractivity contribution in [2.75, 3.05) is 18.9 Å². The molecule has 0 saturated carbocycles. The van der Waals surface area contributed by atoms with Gasteiger partial charge in [0.25, 0.3) is 5.91 Å². The highest BCUT2D eigenvalue weighted by Crippen LogP contribution is 2.12. The second-order valence-electron chi connectivity index (χ2n) is 4.51. The molecule has 0 atom stereocenters. The number of anilines is 1. The van der Waals surface area contributed by atoms with Crippen LogP contribution in [0, 0.1) is 11.7 Å². The second kappa shape index (κ2) is 6.72. The molecule has 0 spiro atoms. The van der Waals surface area contributed by atoms with Crippen molar-refractivity contribution < 1.29 is 18.7 Å². The molecule has 5 nitrogen and oxygen atoms in total. The zero-order valence-corrected chi connectivity index (χ0v) is 10.9. The predicted octanol–water partition coefficient (Wildman–Crippen LogP) is 1.34. The average molecular weight is 268 g/mol. The molecular weight excluding hydrogens is 251 g/mol. The maximum Gasteiger partial charge on any atom is 0.341 e. The number of nitrogens with one attached hydrogen (secondary N) is 1. The Kier molecular flexibility index (Phi) is 5.29. The van der Waals surface area contributed by atoms with E-state index in [9.17, 15) is 14.0 Å². The van der Waals surface area contributed by atoms with E-state index in [2.05, 4.69) is 5.32 Å². The maximum atomic E-state index is 13.4. The van der Waals surface area contributed by atoms with Crippen molar-refractivity contribution in [2.45, 2.75) is 13.8 Å². The molecule has 0 unspecified atom stereocenters. The van der Waals surface area contributed by atoms with Crippen molar-refractivity contribution in [1.29, 1.82) is 0 Å². The van der Waals surface area contributed by atoms with Crippen LogP contribution < -0.4 is 11.1 Å². The van der Waals surface area contributed by atoms with Gasteiger partial charge in [-0.15, -0.1) is 0 Å². The van der Waals surface area contributed by atoms with Crippen LogP contribution in [0.25, 0.3) is 0 Å². The van der Waals surface area contributed by atoms with Crippen LogP contribution in [0.2, 0.25) is 0 Å². The lowest BCUT2D eigenvalue weighted by atomic mass is 10.2. The number of carbonyl (C=O) groups is 2. The molecule has 6 heteroatoms. The largest absolute Gasteiger partial charge is 0.452 e. The van der Waals surface area contributed by atoms with E-state index in [1.807, 2.05) is 13.8 Å². The van der Waals surface area contributed by atoms with E-state index in [1.54, 1.807) is 0 Å². The molecule has 0 aliphatic heterocycles. The quantitative estimate of drug-likeness (QED) is 0.623. The first kappa shape index (κ1) is 14.9. The molecule has 3 N–H and O–H groups in total. The highest BCUT2D eigenvalue weighted by molar-refractivity contribution is 5.91. The van der Waals surface area contributed by atoms with Crippen LogP contribution in [0.5, 0.6) is 0 Å². The van der Waals surface area contributed by atoms with Gasteiger partial charge < -0.3 is 15.8 Å². The Morgan fingerprint density at radius 1 is 1.42 bits per heavy atom. The van der Waals surface area contributed by atoms with E-state index in [0.29, 0.717) is 12.5 Å². The summed E-state index contributed by atoms with van der Waals surface area (Å²) in [6.07, 6.45) is 0. The molecular formula is C13H17FN2O3. The van der Waals surface area contributed by atoms with Crippen molar-refractivity contribution in [3.05, 3.63) is 29.6 Å². The molecule has 19 heavy (non-hydrogen) atoms. The summed E-state index contributed by atoms with van der Waals surface area (Å²) in [5, 5.41) is 2.58. The van der Waals surface area contributed by atoms with Crippen LogP contribution in [0.3, 0.4) is 0 Å². The Morgan fingerprint density at radius 2 is 2.11 bits per heavy atom. The fraction of sp³-hybridized carbons (Fsp3) is 0.385. The lowest BCUT2D eigenvalue weighted by Crippen LogP contribution is -2.31. The number of ether oxygens (including phenoxy) is 1. The summed E-state index contributed by atoms with van der Waals surface area (Å²) in [6, 6.07) is 3.63. The topological polar surface area (TPSA) is 81.4 Å². The Bertz CT molecular complexity index is 475. The Balaban J connectivity index is 2.49. The summed E-state index contributed by atoms with van der Waals surface area (Å²) in [7, 11) is 0. The van der Waals surface area contributed by atoms with E-state index >= 15 is 0 Å². The van der Waals surface area contributed by atoms with Gasteiger partial charge in [0.05, 0.1) is 5.56 Å². The van der Waals surface area contributed by atoms with Crippen molar-refractivity contribution >= 4 is 17.6 Å². The molecule has 0 saturated heterocycles. The minimum atomic E-state index is -0.891. The van der Waals surface area contributed by atoms with Gasteiger partial charge in [0.1, 0.15) is 5.82 Å². The lowest BCUT2D eigenvalue weighted by Gasteiger charge is -2.08. The first-order chi connectivity index (χ1) is 8.90. The number of carbonyl (C=O) groups excluding carboxylic acids is 2. The fourth-order valence-electron chi connectivity index (χ4n) is 1.27. The Labute approximate surface area is 110 Å². The monoisotopic (exact) mass is 268 g/mol. The third-order valence-corrected chi connectivity index (χ3v) is 2.25. The summed E-state index contributed by atoms with van der Waals surface area (Å²) in [4.78, 5) is 22.9. The maximum absolute atomic E-state index is 13.4. The number of nitrogens with two attached hydrogens (primary N) is 1. The van der Waals surface area contributed by atoms with E-state index in [1.165, 1.54) is 12.1 Å².